The summed E-state index contributed by atoms with van der Waals surface area (Å²) < 4.78 is 0. The molecule has 2 nitrogen and oxygen atoms in total. The Morgan fingerprint density at radius 3 is 2.80 bits per heavy atom. The van der Waals surface area contributed by atoms with Crippen LogP contribution in [0.2, 0.25) is 5.02 Å². The standard InChI is InChI=1S/C12H19ClN2/c1-2-3-4-5-6-8-15-12-10-14-9-7-11(12)13/h7,9-10,15H,2-6,8H2,1H3. The lowest BCUT2D eigenvalue weighted by atomic mass is 10.1. The molecule has 1 heterocycles. The molecule has 1 N–H and O–H groups in total. The van der Waals surface area contributed by atoms with Crippen molar-refractivity contribution >= 4 is 17.3 Å². The summed E-state index contributed by atoms with van der Waals surface area (Å²) in [5.74, 6) is 0. The van der Waals surface area contributed by atoms with E-state index in [1.54, 1.807) is 18.5 Å². The summed E-state index contributed by atoms with van der Waals surface area (Å²) >= 11 is 5.98. The average molecular weight is 227 g/mol. The van der Waals surface area contributed by atoms with Crippen LogP contribution < -0.4 is 5.32 Å². The minimum atomic E-state index is 0.749. The van der Waals surface area contributed by atoms with Crippen molar-refractivity contribution in [3.05, 3.63) is 23.5 Å². The third kappa shape index (κ3) is 5.03. The van der Waals surface area contributed by atoms with Crippen molar-refractivity contribution in [3.63, 3.8) is 0 Å². The minimum Gasteiger partial charge on any atom is -0.383 e. The minimum absolute atomic E-state index is 0.749. The number of unbranched alkanes of at least 4 members (excludes halogenated alkanes) is 4. The summed E-state index contributed by atoms with van der Waals surface area (Å²) in [4.78, 5) is 4.03. The molecule has 1 aromatic rings. The van der Waals surface area contributed by atoms with Gasteiger partial charge in [-0.2, -0.15) is 0 Å². The summed E-state index contributed by atoms with van der Waals surface area (Å²) in [6.45, 7) is 3.21. The van der Waals surface area contributed by atoms with Gasteiger partial charge in [0.1, 0.15) is 0 Å². The number of hydrogen-bond acceptors (Lipinski definition) is 2. The van der Waals surface area contributed by atoms with Crippen LogP contribution in [0.5, 0.6) is 0 Å². The Hall–Kier alpha value is -0.760. The number of anilines is 1. The predicted octanol–water partition coefficient (Wildman–Crippen LogP) is 4.12. The highest BCUT2D eigenvalue weighted by atomic mass is 35.5. The Balaban J connectivity index is 2.12. The van der Waals surface area contributed by atoms with Crippen LogP contribution in [-0.4, -0.2) is 11.5 Å². The van der Waals surface area contributed by atoms with Crippen LogP contribution in [0.15, 0.2) is 18.5 Å². The molecule has 3 heteroatoms. The van der Waals surface area contributed by atoms with Crippen molar-refractivity contribution in [1.82, 2.24) is 4.98 Å². The fourth-order valence-corrected chi connectivity index (χ4v) is 1.63. The summed E-state index contributed by atoms with van der Waals surface area (Å²) in [6, 6.07) is 1.81. The van der Waals surface area contributed by atoms with Gasteiger partial charge in [-0.05, 0) is 12.5 Å². The zero-order valence-corrected chi connectivity index (χ0v) is 10.1. The van der Waals surface area contributed by atoms with Gasteiger partial charge in [-0.25, -0.2) is 0 Å². The van der Waals surface area contributed by atoms with Gasteiger partial charge in [-0.15, -0.1) is 0 Å². The van der Waals surface area contributed by atoms with Gasteiger partial charge in [-0.3, -0.25) is 4.98 Å². The molecule has 0 saturated carbocycles. The fourth-order valence-electron chi connectivity index (χ4n) is 1.46. The average Bonchev–Trinajstić information content (AvgIpc) is 2.25. The predicted molar refractivity (Wildman–Crippen MR) is 66.5 cm³/mol. The molecule has 15 heavy (non-hydrogen) atoms. The molecule has 0 radical (unpaired) electrons. The summed E-state index contributed by atoms with van der Waals surface area (Å²) in [6.07, 6.45) is 9.93. The first kappa shape index (κ1) is 12.3. The second-order valence-electron chi connectivity index (χ2n) is 3.70. The fraction of sp³-hybridized carbons (Fsp3) is 0.583. The maximum atomic E-state index is 5.98. The largest absolute Gasteiger partial charge is 0.383 e. The van der Waals surface area contributed by atoms with E-state index in [0.717, 1.165) is 17.3 Å². The summed E-state index contributed by atoms with van der Waals surface area (Å²) in [7, 11) is 0. The van der Waals surface area contributed by atoms with Gasteiger partial charge in [-0.1, -0.05) is 44.2 Å². The van der Waals surface area contributed by atoms with E-state index in [-0.39, 0.29) is 0 Å². The lowest BCUT2D eigenvalue weighted by Gasteiger charge is -2.06. The molecule has 0 amide bonds. The number of pyridine rings is 1. The number of nitrogens with one attached hydrogen (secondary N) is 1. The molecule has 0 spiro atoms. The van der Waals surface area contributed by atoms with Crippen LogP contribution in [0.25, 0.3) is 0 Å². The van der Waals surface area contributed by atoms with Gasteiger partial charge in [0.2, 0.25) is 0 Å². The molecule has 84 valence electrons. The van der Waals surface area contributed by atoms with E-state index in [9.17, 15) is 0 Å². The van der Waals surface area contributed by atoms with Crippen molar-refractivity contribution in [3.8, 4) is 0 Å². The van der Waals surface area contributed by atoms with Crippen LogP contribution >= 0.6 is 11.6 Å². The third-order valence-electron chi connectivity index (χ3n) is 2.36. The zero-order chi connectivity index (χ0) is 10.9. The maximum Gasteiger partial charge on any atom is 0.0716 e. The normalized spacial score (nSPS) is 10.3. The molecule has 0 saturated heterocycles. The van der Waals surface area contributed by atoms with Crippen molar-refractivity contribution in [2.24, 2.45) is 0 Å². The highest BCUT2D eigenvalue weighted by molar-refractivity contribution is 6.33. The molecule has 1 aromatic heterocycles. The number of rotatable bonds is 7. The first-order valence-electron chi connectivity index (χ1n) is 5.68. The Bertz CT molecular complexity index is 276. The van der Waals surface area contributed by atoms with Crippen molar-refractivity contribution < 1.29 is 0 Å². The van der Waals surface area contributed by atoms with E-state index in [4.69, 9.17) is 11.6 Å². The molecule has 0 aromatic carbocycles. The van der Waals surface area contributed by atoms with E-state index < -0.39 is 0 Å². The Morgan fingerprint density at radius 1 is 1.27 bits per heavy atom. The molecule has 0 aliphatic heterocycles. The number of halogens is 1. The summed E-state index contributed by atoms with van der Waals surface area (Å²) in [5.41, 5.74) is 0.939. The first-order chi connectivity index (χ1) is 7.34. The topological polar surface area (TPSA) is 24.9 Å². The van der Waals surface area contributed by atoms with E-state index in [1.165, 1.54) is 32.1 Å². The summed E-state index contributed by atoms with van der Waals surface area (Å²) in [5, 5.41) is 4.04. The molecule has 0 bridgehead atoms. The van der Waals surface area contributed by atoms with Crippen LogP contribution in [0.3, 0.4) is 0 Å². The van der Waals surface area contributed by atoms with Gasteiger partial charge in [0.15, 0.2) is 0 Å². The molecule has 0 fully saturated rings. The van der Waals surface area contributed by atoms with E-state index in [2.05, 4.69) is 17.2 Å². The monoisotopic (exact) mass is 226 g/mol. The molecular formula is C12H19ClN2. The van der Waals surface area contributed by atoms with Gasteiger partial charge in [0.25, 0.3) is 0 Å². The van der Waals surface area contributed by atoms with E-state index in [0.29, 0.717) is 0 Å². The molecular weight excluding hydrogens is 208 g/mol. The second-order valence-corrected chi connectivity index (χ2v) is 4.10. The highest BCUT2D eigenvalue weighted by Gasteiger charge is 1.97. The van der Waals surface area contributed by atoms with E-state index >= 15 is 0 Å². The third-order valence-corrected chi connectivity index (χ3v) is 2.69. The highest BCUT2D eigenvalue weighted by Crippen LogP contribution is 2.18. The van der Waals surface area contributed by atoms with Crippen LogP contribution in [0.4, 0.5) is 5.69 Å². The van der Waals surface area contributed by atoms with Gasteiger partial charge in [0.05, 0.1) is 16.9 Å². The number of aromatic nitrogens is 1. The lowest BCUT2D eigenvalue weighted by Crippen LogP contribution is -2.02. The van der Waals surface area contributed by atoms with Crippen LogP contribution in [-0.2, 0) is 0 Å². The quantitative estimate of drug-likeness (QED) is 0.708. The lowest BCUT2D eigenvalue weighted by molar-refractivity contribution is 0.645. The Labute approximate surface area is 97.1 Å². The smallest absolute Gasteiger partial charge is 0.0716 e. The van der Waals surface area contributed by atoms with Crippen molar-refractivity contribution in [2.75, 3.05) is 11.9 Å². The molecule has 0 aliphatic carbocycles. The molecule has 0 atom stereocenters. The molecule has 0 unspecified atom stereocenters. The molecule has 1 rings (SSSR count). The first-order valence-corrected chi connectivity index (χ1v) is 6.05. The van der Waals surface area contributed by atoms with Gasteiger partial charge < -0.3 is 5.32 Å². The van der Waals surface area contributed by atoms with Crippen LogP contribution in [0.1, 0.15) is 39.0 Å². The Morgan fingerprint density at radius 2 is 2.07 bits per heavy atom. The zero-order valence-electron chi connectivity index (χ0n) is 9.30. The maximum absolute atomic E-state index is 5.98. The van der Waals surface area contributed by atoms with Crippen molar-refractivity contribution in [1.29, 1.82) is 0 Å². The SMILES string of the molecule is CCCCCCCNc1cnccc1Cl. The number of nitrogens with zero attached hydrogens (tertiary/aromatic N) is 1. The van der Waals surface area contributed by atoms with Gasteiger partial charge >= 0.3 is 0 Å². The number of hydrogen-bond donors (Lipinski definition) is 1. The second kappa shape index (κ2) is 7.52. The van der Waals surface area contributed by atoms with Gasteiger partial charge in [0, 0.05) is 12.7 Å². The molecule has 0 aliphatic rings. The van der Waals surface area contributed by atoms with Crippen LogP contribution in [0, 0.1) is 0 Å². The van der Waals surface area contributed by atoms with Crippen molar-refractivity contribution in [2.45, 2.75) is 39.0 Å². The Kier molecular flexibility index (Phi) is 6.17. The van der Waals surface area contributed by atoms with E-state index in [1.807, 2.05) is 0 Å².